The molecule has 1 aromatic rings. The average Bonchev–Trinajstić information content (AvgIpc) is 2.73. The SMILES string of the molecule is N/C(=N/NC(=S)N1CCCCCC1)c1cncc(Cl)n1. The summed E-state index contributed by atoms with van der Waals surface area (Å²) < 4.78 is 0. The van der Waals surface area contributed by atoms with E-state index in [1.165, 1.54) is 25.2 Å². The molecule has 108 valence electrons. The number of rotatable bonds is 2. The van der Waals surface area contributed by atoms with Gasteiger partial charge in [0.15, 0.2) is 10.9 Å². The van der Waals surface area contributed by atoms with Crippen LogP contribution in [-0.4, -0.2) is 38.9 Å². The van der Waals surface area contributed by atoms with Crippen molar-refractivity contribution < 1.29 is 0 Å². The lowest BCUT2D eigenvalue weighted by Crippen LogP contribution is -2.39. The normalized spacial score (nSPS) is 16.6. The smallest absolute Gasteiger partial charge is 0.189 e. The highest BCUT2D eigenvalue weighted by molar-refractivity contribution is 7.80. The molecule has 6 nitrogen and oxygen atoms in total. The number of nitrogens with zero attached hydrogens (tertiary/aromatic N) is 4. The second-order valence-corrected chi connectivity index (χ2v) is 5.32. The number of nitrogens with two attached hydrogens (primary N) is 1. The molecule has 1 saturated heterocycles. The molecule has 2 rings (SSSR count). The molecule has 0 atom stereocenters. The number of halogens is 1. The molecule has 0 bridgehead atoms. The Bertz CT molecular complexity index is 498. The maximum absolute atomic E-state index is 5.82. The summed E-state index contributed by atoms with van der Waals surface area (Å²) in [6.07, 6.45) is 7.75. The van der Waals surface area contributed by atoms with Crippen molar-refractivity contribution in [3.8, 4) is 0 Å². The van der Waals surface area contributed by atoms with Crippen molar-refractivity contribution in [2.24, 2.45) is 10.8 Å². The zero-order chi connectivity index (χ0) is 14.4. The summed E-state index contributed by atoms with van der Waals surface area (Å²) in [6.45, 7) is 1.91. The van der Waals surface area contributed by atoms with Crippen LogP contribution in [-0.2, 0) is 0 Å². The van der Waals surface area contributed by atoms with Gasteiger partial charge in [0.05, 0.1) is 12.4 Å². The molecule has 0 spiro atoms. The number of hydrogen-bond donors (Lipinski definition) is 2. The molecule has 20 heavy (non-hydrogen) atoms. The molecule has 0 aromatic carbocycles. The second kappa shape index (κ2) is 7.35. The highest BCUT2D eigenvalue weighted by atomic mass is 35.5. The average molecular weight is 313 g/mol. The lowest BCUT2D eigenvalue weighted by Gasteiger charge is -2.22. The minimum atomic E-state index is 0.206. The number of nitrogens with one attached hydrogen (secondary N) is 1. The molecule has 3 N–H and O–H groups in total. The number of hydrazone groups is 1. The number of amidine groups is 1. The van der Waals surface area contributed by atoms with Crippen LogP contribution in [0, 0.1) is 0 Å². The topological polar surface area (TPSA) is 79.4 Å². The van der Waals surface area contributed by atoms with Crippen molar-refractivity contribution in [3.63, 3.8) is 0 Å². The van der Waals surface area contributed by atoms with Crippen LogP contribution in [0.25, 0.3) is 0 Å². The van der Waals surface area contributed by atoms with Gasteiger partial charge in [-0.3, -0.25) is 10.4 Å². The largest absolute Gasteiger partial charge is 0.380 e. The van der Waals surface area contributed by atoms with E-state index in [9.17, 15) is 0 Å². The maximum atomic E-state index is 5.82. The molecule has 0 amide bonds. The number of hydrogen-bond acceptors (Lipinski definition) is 4. The third kappa shape index (κ3) is 4.28. The van der Waals surface area contributed by atoms with E-state index in [0.717, 1.165) is 25.9 Å². The van der Waals surface area contributed by atoms with Crippen LogP contribution < -0.4 is 11.2 Å². The standard InChI is InChI=1S/C12H17ClN6S/c13-10-8-15-7-9(16-10)11(14)17-18-12(20)19-5-3-1-2-4-6-19/h7-8H,1-6H2,(H2,14,17)(H,18,20). The summed E-state index contributed by atoms with van der Waals surface area (Å²) in [7, 11) is 0. The minimum absolute atomic E-state index is 0.206. The summed E-state index contributed by atoms with van der Waals surface area (Å²) in [5.41, 5.74) is 9.05. The van der Waals surface area contributed by atoms with Gasteiger partial charge in [-0.15, -0.1) is 0 Å². The van der Waals surface area contributed by atoms with Gasteiger partial charge in [0.25, 0.3) is 0 Å². The Hall–Kier alpha value is -1.47. The number of likely N-dealkylation sites (tertiary alicyclic amines) is 1. The molecule has 1 aliphatic rings. The lowest BCUT2D eigenvalue weighted by molar-refractivity contribution is 0.428. The fourth-order valence-corrected chi connectivity index (χ4v) is 2.35. The van der Waals surface area contributed by atoms with E-state index in [1.807, 2.05) is 0 Å². The van der Waals surface area contributed by atoms with E-state index in [1.54, 1.807) is 0 Å². The molecular formula is C12H17ClN6S. The minimum Gasteiger partial charge on any atom is -0.380 e. The second-order valence-electron chi connectivity index (χ2n) is 4.54. The molecule has 0 unspecified atom stereocenters. The van der Waals surface area contributed by atoms with Gasteiger partial charge in [0.2, 0.25) is 0 Å². The van der Waals surface area contributed by atoms with Crippen LogP contribution in [0.3, 0.4) is 0 Å². The third-order valence-corrected chi connectivity index (χ3v) is 3.56. The fraction of sp³-hybridized carbons (Fsp3) is 0.500. The lowest BCUT2D eigenvalue weighted by atomic mass is 10.2. The Kier molecular flexibility index (Phi) is 5.49. The van der Waals surface area contributed by atoms with Gasteiger partial charge < -0.3 is 10.6 Å². The van der Waals surface area contributed by atoms with Crippen LogP contribution in [0.4, 0.5) is 0 Å². The summed E-state index contributed by atoms with van der Waals surface area (Å²) in [4.78, 5) is 10.1. The monoisotopic (exact) mass is 312 g/mol. The van der Waals surface area contributed by atoms with Gasteiger partial charge in [-0.1, -0.05) is 24.4 Å². The molecule has 1 aromatic heterocycles. The van der Waals surface area contributed by atoms with Gasteiger partial charge in [-0.2, -0.15) is 5.10 Å². The van der Waals surface area contributed by atoms with Crippen LogP contribution in [0.1, 0.15) is 31.4 Å². The van der Waals surface area contributed by atoms with Gasteiger partial charge >= 0.3 is 0 Å². The highest BCUT2D eigenvalue weighted by Crippen LogP contribution is 2.09. The molecule has 1 aliphatic heterocycles. The first-order valence-electron chi connectivity index (χ1n) is 6.53. The Morgan fingerprint density at radius 1 is 1.30 bits per heavy atom. The van der Waals surface area contributed by atoms with Crippen LogP contribution >= 0.6 is 23.8 Å². The van der Waals surface area contributed by atoms with E-state index in [-0.39, 0.29) is 11.0 Å². The quantitative estimate of drug-likeness (QED) is 0.373. The van der Waals surface area contributed by atoms with Crippen molar-refractivity contribution in [1.29, 1.82) is 0 Å². The molecule has 1 fully saturated rings. The van der Waals surface area contributed by atoms with Gasteiger partial charge in [0, 0.05) is 13.1 Å². The third-order valence-electron chi connectivity index (χ3n) is 3.03. The van der Waals surface area contributed by atoms with Gasteiger partial charge in [-0.05, 0) is 25.1 Å². The number of aromatic nitrogens is 2. The van der Waals surface area contributed by atoms with Crippen molar-refractivity contribution in [3.05, 3.63) is 23.2 Å². The van der Waals surface area contributed by atoms with Crippen molar-refractivity contribution in [2.45, 2.75) is 25.7 Å². The van der Waals surface area contributed by atoms with E-state index >= 15 is 0 Å². The maximum Gasteiger partial charge on any atom is 0.189 e. The van der Waals surface area contributed by atoms with E-state index < -0.39 is 0 Å². The first-order valence-corrected chi connectivity index (χ1v) is 7.31. The summed E-state index contributed by atoms with van der Waals surface area (Å²) in [5, 5.41) is 4.90. The Morgan fingerprint density at radius 2 is 2.00 bits per heavy atom. The predicted octanol–water partition coefficient (Wildman–Crippen LogP) is 1.50. The zero-order valence-corrected chi connectivity index (χ0v) is 12.6. The van der Waals surface area contributed by atoms with E-state index in [4.69, 9.17) is 29.6 Å². The first kappa shape index (κ1) is 14.9. The summed E-state index contributed by atoms with van der Waals surface area (Å²) in [6, 6.07) is 0. The van der Waals surface area contributed by atoms with E-state index in [0.29, 0.717) is 10.8 Å². The molecule has 0 aliphatic carbocycles. The Morgan fingerprint density at radius 3 is 2.65 bits per heavy atom. The first-order chi connectivity index (χ1) is 9.66. The summed E-state index contributed by atoms with van der Waals surface area (Å²) in [5.74, 6) is 0.206. The zero-order valence-electron chi connectivity index (χ0n) is 11.0. The van der Waals surface area contributed by atoms with Crippen molar-refractivity contribution >= 4 is 34.8 Å². The predicted molar refractivity (Wildman–Crippen MR) is 83.5 cm³/mol. The molecule has 8 heteroatoms. The molecule has 0 radical (unpaired) electrons. The fourth-order valence-electron chi connectivity index (χ4n) is 1.98. The molecule has 0 saturated carbocycles. The Balaban J connectivity index is 1.95. The van der Waals surface area contributed by atoms with Crippen LogP contribution in [0.2, 0.25) is 5.15 Å². The molecular weight excluding hydrogens is 296 g/mol. The van der Waals surface area contributed by atoms with Gasteiger partial charge in [0.1, 0.15) is 10.8 Å². The summed E-state index contributed by atoms with van der Waals surface area (Å²) >= 11 is 11.1. The van der Waals surface area contributed by atoms with Crippen molar-refractivity contribution in [1.82, 2.24) is 20.3 Å². The van der Waals surface area contributed by atoms with Crippen LogP contribution in [0.5, 0.6) is 0 Å². The van der Waals surface area contributed by atoms with Crippen molar-refractivity contribution in [2.75, 3.05) is 13.1 Å². The number of thiocarbonyl (C=S) groups is 1. The van der Waals surface area contributed by atoms with E-state index in [2.05, 4.69) is 25.4 Å². The molecule has 2 heterocycles. The Labute approximate surface area is 128 Å². The highest BCUT2D eigenvalue weighted by Gasteiger charge is 2.12. The van der Waals surface area contributed by atoms with Crippen LogP contribution in [0.15, 0.2) is 17.5 Å². The van der Waals surface area contributed by atoms with Gasteiger partial charge in [-0.25, -0.2) is 4.98 Å².